The van der Waals surface area contributed by atoms with Crippen LogP contribution in [0.4, 0.5) is 0 Å². The second kappa shape index (κ2) is 3.08. The van der Waals surface area contributed by atoms with Crippen LogP contribution in [0.25, 0.3) is 0 Å². The highest BCUT2D eigenvalue weighted by molar-refractivity contribution is 4.51. The summed E-state index contributed by atoms with van der Waals surface area (Å²) in [4.78, 5) is 0. The van der Waals surface area contributed by atoms with Gasteiger partial charge < -0.3 is 16.8 Å². The quantitative estimate of drug-likeness (QED) is 0.359. The fraction of sp³-hybridized carbons (Fsp3) is 1.00. The lowest BCUT2D eigenvalue weighted by Gasteiger charge is -2.02. The molecule has 6 heavy (non-hydrogen) atoms. The summed E-state index contributed by atoms with van der Waals surface area (Å²) in [5.74, 6) is 0. The molecule has 3 heteroatoms. The van der Waals surface area contributed by atoms with Crippen molar-refractivity contribution in [2.45, 2.75) is 6.17 Å². The molecule has 0 aromatic heterocycles. The Labute approximate surface area is 37.7 Å². The summed E-state index contributed by atoms with van der Waals surface area (Å²) in [6.45, 7) is 0.497. The third-order valence-corrected chi connectivity index (χ3v) is 0.625. The lowest BCUT2D eigenvalue weighted by molar-refractivity contribution is 0.595. The standard InChI is InChI=1S/C3H11N3/c1-6-3(5)2-4/h3,6H,2,4-5H2,1H3. The second-order valence-electron chi connectivity index (χ2n) is 1.13. The van der Waals surface area contributed by atoms with Gasteiger partial charge in [0.2, 0.25) is 0 Å². The van der Waals surface area contributed by atoms with Crippen LogP contribution in [0, 0.1) is 0 Å². The molecular formula is C3H11N3. The van der Waals surface area contributed by atoms with Crippen molar-refractivity contribution in [3.63, 3.8) is 0 Å². The minimum Gasteiger partial charge on any atom is -0.328 e. The number of nitrogens with two attached hydrogens (primary N) is 2. The van der Waals surface area contributed by atoms with Gasteiger partial charge in [-0.2, -0.15) is 0 Å². The minimum absolute atomic E-state index is 0.0370. The lowest BCUT2D eigenvalue weighted by Crippen LogP contribution is -2.41. The van der Waals surface area contributed by atoms with Gasteiger partial charge in [-0.25, -0.2) is 0 Å². The van der Waals surface area contributed by atoms with Crippen molar-refractivity contribution in [2.75, 3.05) is 13.6 Å². The van der Waals surface area contributed by atoms with Crippen LogP contribution in [0.5, 0.6) is 0 Å². The summed E-state index contributed by atoms with van der Waals surface area (Å²) in [7, 11) is 1.78. The van der Waals surface area contributed by atoms with E-state index in [2.05, 4.69) is 5.32 Å². The van der Waals surface area contributed by atoms with Crippen LogP contribution in [0.1, 0.15) is 0 Å². The molecule has 0 spiro atoms. The van der Waals surface area contributed by atoms with Crippen molar-refractivity contribution >= 4 is 0 Å². The molecule has 0 bridgehead atoms. The first kappa shape index (κ1) is 5.88. The molecule has 0 fully saturated rings. The Morgan fingerprint density at radius 1 is 1.83 bits per heavy atom. The molecule has 0 aliphatic rings. The third-order valence-electron chi connectivity index (χ3n) is 0.625. The Balaban J connectivity index is 2.75. The normalized spacial score (nSPS) is 14.5. The Kier molecular flexibility index (Phi) is 3.02. The molecule has 0 aromatic carbocycles. The van der Waals surface area contributed by atoms with E-state index in [0.29, 0.717) is 6.54 Å². The molecule has 0 amide bonds. The summed E-state index contributed by atoms with van der Waals surface area (Å²) in [5.41, 5.74) is 10.3. The van der Waals surface area contributed by atoms with E-state index in [1.807, 2.05) is 0 Å². The van der Waals surface area contributed by atoms with Crippen molar-refractivity contribution in [1.29, 1.82) is 0 Å². The Morgan fingerprint density at radius 2 is 2.33 bits per heavy atom. The lowest BCUT2D eigenvalue weighted by atomic mass is 10.5. The van der Waals surface area contributed by atoms with Gasteiger partial charge in [-0.15, -0.1) is 0 Å². The Bertz CT molecular complexity index is 25.2. The highest BCUT2D eigenvalue weighted by Crippen LogP contribution is 1.53. The largest absolute Gasteiger partial charge is 0.328 e. The number of hydrogen-bond donors (Lipinski definition) is 3. The maximum atomic E-state index is 5.24. The topological polar surface area (TPSA) is 64.1 Å². The molecule has 0 aromatic rings. The molecule has 5 N–H and O–H groups in total. The molecular weight excluding hydrogens is 78.1 g/mol. The maximum Gasteiger partial charge on any atom is 0.0670 e. The van der Waals surface area contributed by atoms with Gasteiger partial charge in [-0.1, -0.05) is 0 Å². The number of likely N-dealkylation sites (N-methyl/N-ethyl adjacent to an activating group) is 1. The zero-order valence-corrected chi connectivity index (χ0v) is 3.94. The molecule has 1 atom stereocenters. The van der Waals surface area contributed by atoms with Gasteiger partial charge in [0, 0.05) is 6.54 Å². The van der Waals surface area contributed by atoms with E-state index in [1.165, 1.54) is 0 Å². The number of nitrogens with one attached hydrogen (secondary N) is 1. The molecule has 0 aliphatic carbocycles. The zero-order chi connectivity index (χ0) is 4.99. The van der Waals surface area contributed by atoms with Gasteiger partial charge in [0.15, 0.2) is 0 Å². The fourth-order valence-corrected chi connectivity index (χ4v) is 0.118. The van der Waals surface area contributed by atoms with Gasteiger partial charge in [0.05, 0.1) is 6.17 Å². The van der Waals surface area contributed by atoms with Gasteiger partial charge in [-0.3, -0.25) is 0 Å². The van der Waals surface area contributed by atoms with Gasteiger partial charge in [0.1, 0.15) is 0 Å². The monoisotopic (exact) mass is 89.1 g/mol. The second-order valence-corrected chi connectivity index (χ2v) is 1.13. The van der Waals surface area contributed by atoms with Gasteiger partial charge in [-0.05, 0) is 7.05 Å². The van der Waals surface area contributed by atoms with E-state index in [-0.39, 0.29) is 6.17 Å². The molecule has 38 valence electrons. The first-order valence-electron chi connectivity index (χ1n) is 1.94. The Morgan fingerprint density at radius 3 is 2.33 bits per heavy atom. The molecule has 0 saturated carbocycles. The fourth-order valence-electron chi connectivity index (χ4n) is 0.118. The van der Waals surface area contributed by atoms with Crippen LogP contribution < -0.4 is 16.8 Å². The SMILES string of the molecule is CNC(N)CN. The zero-order valence-electron chi connectivity index (χ0n) is 3.94. The van der Waals surface area contributed by atoms with E-state index in [1.54, 1.807) is 7.05 Å². The maximum absolute atomic E-state index is 5.24. The predicted octanol–water partition coefficient (Wildman–Crippen LogP) is -1.55. The van der Waals surface area contributed by atoms with E-state index in [9.17, 15) is 0 Å². The molecule has 1 unspecified atom stereocenters. The van der Waals surface area contributed by atoms with E-state index in [4.69, 9.17) is 11.5 Å². The van der Waals surface area contributed by atoms with Gasteiger partial charge >= 0.3 is 0 Å². The molecule has 0 saturated heterocycles. The highest BCUT2D eigenvalue weighted by atomic mass is 15.0. The Hall–Kier alpha value is -0.120. The van der Waals surface area contributed by atoms with Crippen LogP contribution >= 0.6 is 0 Å². The summed E-state index contributed by atoms with van der Waals surface area (Å²) in [5, 5.41) is 2.77. The third kappa shape index (κ3) is 2.14. The van der Waals surface area contributed by atoms with Crippen LogP contribution in [-0.4, -0.2) is 19.8 Å². The van der Waals surface area contributed by atoms with Crippen molar-refractivity contribution in [2.24, 2.45) is 11.5 Å². The minimum atomic E-state index is -0.0370. The summed E-state index contributed by atoms with van der Waals surface area (Å²) in [6, 6.07) is 0. The van der Waals surface area contributed by atoms with E-state index < -0.39 is 0 Å². The van der Waals surface area contributed by atoms with Crippen molar-refractivity contribution < 1.29 is 0 Å². The van der Waals surface area contributed by atoms with Crippen molar-refractivity contribution in [1.82, 2.24) is 5.32 Å². The number of rotatable bonds is 2. The number of hydrogen-bond acceptors (Lipinski definition) is 3. The van der Waals surface area contributed by atoms with E-state index >= 15 is 0 Å². The summed E-state index contributed by atoms with van der Waals surface area (Å²) >= 11 is 0. The van der Waals surface area contributed by atoms with Crippen LogP contribution in [0.15, 0.2) is 0 Å². The first-order chi connectivity index (χ1) is 2.81. The van der Waals surface area contributed by atoms with Crippen LogP contribution in [0.3, 0.4) is 0 Å². The van der Waals surface area contributed by atoms with Crippen molar-refractivity contribution in [3.05, 3.63) is 0 Å². The van der Waals surface area contributed by atoms with Crippen LogP contribution in [-0.2, 0) is 0 Å². The highest BCUT2D eigenvalue weighted by Gasteiger charge is 1.86. The average Bonchev–Trinajstić information content (AvgIpc) is 1.65. The first-order valence-corrected chi connectivity index (χ1v) is 1.94. The molecule has 3 nitrogen and oxygen atoms in total. The predicted molar refractivity (Wildman–Crippen MR) is 26.1 cm³/mol. The molecule has 0 heterocycles. The molecule has 0 radical (unpaired) electrons. The van der Waals surface area contributed by atoms with Crippen LogP contribution in [0.2, 0.25) is 0 Å². The smallest absolute Gasteiger partial charge is 0.0670 e. The molecule has 0 rings (SSSR count). The average molecular weight is 89.1 g/mol. The summed E-state index contributed by atoms with van der Waals surface area (Å²) in [6.07, 6.45) is -0.0370. The van der Waals surface area contributed by atoms with E-state index in [0.717, 1.165) is 0 Å². The molecule has 0 aliphatic heterocycles. The van der Waals surface area contributed by atoms with Crippen molar-refractivity contribution in [3.8, 4) is 0 Å². The van der Waals surface area contributed by atoms with Gasteiger partial charge in [0.25, 0.3) is 0 Å². The summed E-state index contributed by atoms with van der Waals surface area (Å²) < 4.78 is 0.